The molecule has 0 unspecified atom stereocenters. The van der Waals surface area contributed by atoms with Crippen LogP contribution in [0.2, 0.25) is 0 Å². The van der Waals surface area contributed by atoms with E-state index in [-0.39, 0.29) is 12.4 Å². The first-order valence-electron chi connectivity index (χ1n) is 6.36. The van der Waals surface area contributed by atoms with E-state index in [2.05, 4.69) is 10.3 Å². The van der Waals surface area contributed by atoms with Crippen LogP contribution in [0.5, 0.6) is 0 Å². The van der Waals surface area contributed by atoms with Gasteiger partial charge < -0.3 is 5.73 Å². The summed E-state index contributed by atoms with van der Waals surface area (Å²) in [6.45, 7) is 0.130. The summed E-state index contributed by atoms with van der Waals surface area (Å²) in [4.78, 5) is 0. The molecule has 0 radical (unpaired) electrons. The Balaban J connectivity index is 2.22. The summed E-state index contributed by atoms with van der Waals surface area (Å²) in [5.41, 5.74) is 7.54. The van der Waals surface area contributed by atoms with Crippen LogP contribution in [0.1, 0.15) is 5.69 Å². The van der Waals surface area contributed by atoms with Gasteiger partial charge in [-0.3, -0.25) is 0 Å². The molecule has 0 saturated carbocycles. The van der Waals surface area contributed by atoms with Crippen molar-refractivity contribution < 1.29 is 8.78 Å². The molecule has 4 nitrogen and oxygen atoms in total. The minimum absolute atomic E-state index is 0.130. The number of hydrogen-bond acceptors (Lipinski definition) is 3. The van der Waals surface area contributed by atoms with Gasteiger partial charge >= 0.3 is 0 Å². The fraction of sp³-hybridized carbons (Fsp3) is 0.0667. The molecule has 0 fully saturated rings. The lowest BCUT2D eigenvalue weighted by Gasteiger charge is -2.08. The summed E-state index contributed by atoms with van der Waals surface area (Å²) in [5.74, 6) is -0.747. The van der Waals surface area contributed by atoms with Gasteiger partial charge in [0.05, 0.1) is 5.69 Å². The molecule has 1 aromatic heterocycles. The van der Waals surface area contributed by atoms with E-state index in [1.54, 1.807) is 30.3 Å². The van der Waals surface area contributed by atoms with E-state index in [1.165, 1.54) is 22.9 Å². The lowest BCUT2D eigenvalue weighted by Crippen LogP contribution is -2.03. The Labute approximate surface area is 119 Å². The number of nitrogens with zero attached hydrogens (tertiary/aromatic N) is 3. The first kappa shape index (κ1) is 13.4. The van der Waals surface area contributed by atoms with Crippen LogP contribution in [-0.2, 0) is 6.54 Å². The lowest BCUT2D eigenvalue weighted by molar-refractivity contribution is 0.625. The maximum atomic E-state index is 14.1. The zero-order valence-corrected chi connectivity index (χ0v) is 11.0. The molecule has 1 heterocycles. The standard InChI is InChI=1S/C15H12F2N4/c16-10-5-7-11(8-6-10)21-15(14(9-18)19-20-21)12-3-1-2-4-13(12)17/h1-8H,9,18H2. The van der Waals surface area contributed by atoms with Gasteiger partial charge in [0.15, 0.2) is 0 Å². The first-order valence-corrected chi connectivity index (χ1v) is 6.36. The smallest absolute Gasteiger partial charge is 0.132 e. The molecule has 6 heteroatoms. The van der Waals surface area contributed by atoms with Crippen molar-refractivity contribution in [1.82, 2.24) is 15.0 Å². The Hall–Kier alpha value is -2.60. The van der Waals surface area contributed by atoms with Gasteiger partial charge in [-0.25, -0.2) is 13.5 Å². The fourth-order valence-electron chi connectivity index (χ4n) is 2.14. The monoisotopic (exact) mass is 286 g/mol. The Morgan fingerprint density at radius 1 is 1.00 bits per heavy atom. The maximum absolute atomic E-state index is 14.1. The van der Waals surface area contributed by atoms with Gasteiger partial charge in [-0.05, 0) is 36.4 Å². The van der Waals surface area contributed by atoms with Crippen LogP contribution >= 0.6 is 0 Å². The summed E-state index contributed by atoms with van der Waals surface area (Å²) in [6, 6.07) is 12.0. The molecule has 0 atom stereocenters. The number of benzene rings is 2. The summed E-state index contributed by atoms with van der Waals surface area (Å²) in [6.07, 6.45) is 0. The summed E-state index contributed by atoms with van der Waals surface area (Å²) in [5, 5.41) is 7.98. The van der Waals surface area contributed by atoms with Gasteiger partial charge in [-0.2, -0.15) is 0 Å². The molecule has 0 saturated heterocycles. The third-order valence-electron chi connectivity index (χ3n) is 3.13. The lowest BCUT2D eigenvalue weighted by atomic mass is 10.1. The highest BCUT2D eigenvalue weighted by atomic mass is 19.1. The van der Waals surface area contributed by atoms with Crippen molar-refractivity contribution in [2.24, 2.45) is 5.73 Å². The Morgan fingerprint density at radius 3 is 2.38 bits per heavy atom. The van der Waals surface area contributed by atoms with Gasteiger partial charge in [-0.1, -0.05) is 17.3 Å². The SMILES string of the molecule is NCc1nnn(-c2ccc(F)cc2)c1-c1ccccc1F. The maximum Gasteiger partial charge on any atom is 0.132 e. The molecule has 0 bridgehead atoms. The minimum Gasteiger partial charge on any atom is -0.325 e. The molecule has 2 aromatic carbocycles. The second kappa shape index (κ2) is 5.41. The highest BCUT2D eigenvalue weighted by molar-refractivity contribution is 5.65. The third-order valence-corrected chi connectivity index (χ3v) is 3.13. The van der Waals surface area contributed by atoms with Crippen LogP contribution < -0.4 is 5.73 Å². The zero-order valence-electron chi connectivity index (χ0n) is 11.0. The van der Waals surface area contributed by atoms with Crippen LogP contribution in [0, 0.1) is 11.6 Å². The molecule has 3 aromatic rings. The average molecular weight is 286 g/mol. The van der Waals surface area contributed by atoms with Gasteiger partial charge in [0, 0.05) is 12.1 Å². The van der Waals surface area contributed by atoms with Crippen molar-refractivity contribution in [2.45, 2.75) is 6.54 Å². The van der Waals surface area contributed by atoms with Gasteiger partial charge in [-0.15, -0.1) is 5.10 Å². The summed E-state index contributed by atoms with van der Waals surface area (Å²) in [7, 11) is 0. The predicted molar refractivity (Wildman–Crippen MR) is 74.6 cm³/mol. The number of halogens is 2. The van der Waals surface area contributed by atoms with Crippen molar-refractivity contribution in [3.63, 3.8) is 0 Å². The van der Waals surface area contributed by atoms with Crippen LogP contribution in [0.4, 0.5) is 8.78 Å². The molecule has 2 N–H and O–H groups in total. The van der Waals surface area contributed by atoms with Crippen LogP contribution in [-0.4, -0.2) is 15.0 Å². The largest absolute Gasteiger partial charge is 0.325 e. The molecule has 0 amide bonds. The number of hydrogen-bond donors (Lipinski definition) is 1. The molecule has 0 aliphatic rings. The molecule has 21 heavy (non-hydrogen) atoms. The van der Waals surface area contributed by atoms with E-state index < -0.39 is 5.82 Å². The first-order chi connectivity index (χ1) is 10.2. The number of rotatable bonds is 3. The van der Waals surface area contributed by atoms with E-state index in [0.717, 1.165) is 0 Å². The Bertz CT molecular complexity index is 766. The van der Waals surface area contributed by atoms with Crippen molar-refractivity contribution in [3.8, 4) is 16.9 Å². The normalized spacial score (nSPS) is 10.8. The zero-order chi connectivity index (χ0) is 14.8. The van der Waals surface area contributed by atoms with Crippen molar-refractivity contribution >= 4 is 0 Å². The van der Waals surface area contributed by atoms with Crippen molar-refractivity contribution in [2.75, 3.05) is 0 Å². The van der Waals surface area contributed by atoms with E-state index in [0.29, 0.717) is 22.6 Å². The minimum atomic E-state index is -0.391. The highest BCUT2D eigenvalue weighted by Gasteiger charge is 2.18. The van der Waals surface area contributed by atoms with E-state index >= 15 is 0 Å². The van der Waals surface area contributed by atoms with Gasteiger partial charge in [0.25, 0.3) is 0 Å². The van der Waals surface area contributed by atoms with Crippen LogP contribution in [0.25, 0.3) is 16.9 Å². The highest BCUT2D eigenvalue weighted by Crippen LogP contribution is 2.27. The fourth-order valence-corrected chi connectivity index (χ4v) is 2.14. The number of aromatic nitrogens is 3. The van der Waals surface area contributed by atoms with Crippen molar-refractivity contribution in [3.05, 3.63) is 65.9 Å². The van der Waals surface area contributed by atoms with Gasteiger partial charge in [0.2, 0.25) is 0 Å². The van der Waals surface area contributed by atoms with Crippen molar-refractivity contribution in [1.29, 1.82) is 0 Å². The Morgan fingerprint density at radius 2 is 1.71 bits per heavy atom. The van der Waals surface area contributed by atoms with E-state index in [1.807, 2.05) is 0 Å². The molecule has 106 valence electrons. The predicted octanol–water partition coefficient (Wildman–Crippen LogP) is 2.67. The molecule has 3 rings (SSSR count). The topological polar surface area (TPSA) is 56.7 Å². The average Bonchev–Trinajstić information content (AvgIpc) is 2.92. The Kier molecular flexibility index (Phi) is 3.45. The molecule has 0 spiro atoms. The molecular weight excluding hydrogens is 274 g/mol. The summed E-state index contributed by atoms with van der Waals surface area (Å²) >= 11 is 0. The van der Waals surface area contributed by atoms with E-state index in [4.69, 9.17) is 5.73 Å². The quantitative estimate of drug-likeness (QED) is 0.805. The van der Waals surface area contributed by atoms with E-state index in [9.17, 15) is 8.78 Å². The third kappa shape index (κ3) is 2.41. The van der Waals surface area contributed by atoms with Crippen LogP contribution in [0.3, 0.4) is 0 Å². The summed E-state index contributed by atoms with van der Waals surface area (Å²) < 4.78 is 28.6. The second-order valence-electron chi connectivity index (χ2n) is 4.46. The van der Waals surface area contributed by atoms with Gasteiger partial charge in [0.1, 0.15) is 23.0 Å². The molecular formula is C15H12F2N4. The van der Waals surface area contributed by atoms with Crippen LogP contribution in [0.15, 0.2) is 48.5 Å². The molecule has 0 aliphatic heterocycles. The number of nitrogens with two attached hydrogens (primary N) is 1. The molecule has 0 aliphatic carbocycles. The second-order valence-corrected chi connectivity index (χ2v) is 4.46.